The van der Waals surface area contributed by atoms with E-state index in [1.807, 2.05) is 0 Å². The molecule has 0 saturated carbocycles. The third kappa shape index (κ3) is 1.70. The van der Waals surface area contributed by atoms with E-state index < -0.39 is 0 Å². The van der Waals surface area contributed by atoms with Gasteiger partial charge in [-0.3, -0.25) is 0 Å². The Hall–Kier alpha value is 0.850. The van der Waals surface area contributed by atoms with Crippen LogP contribution in [-0.4, -0.2) is 5.11 Å². The number of aromatic hydroxyl groups is 1. The molecule has 0 aliphatic carbocycles. The summed E-state index contributed by atoms with van der Waals surface area (Å²) in [5.41, 5.74) is 0. The second-order valence-electron chi connectivity index (χ2n) is 1.92. The maximum Gasteiger partial charge on any atom is 0.151 e. The van der Waals surface area contributed by atoms with Crippen molar-refractivity contribution in [3.63, 3.8) is 0 Å². The van der Waals surface area contributed by atoms with Crippen LogP contribution in [-0.2, 0) is 0 Å². The standard InChI is InChI=1S/C6HBr2Cl3O/c7-1-3(9)4(10)2(8)6(12)5(1)11/h12H. The van der Waals surface area contributed by atoms with Crippen molar-refractivity contribution in [3.05, 3.63) is 24.0 Å². The number of halogens is 5. The van der Waals surface area contributed by atoms with Crippen LogP contribution in [0.25, 0.3) is 0 Å². The minimum atomic E-state index is -0.127. The van der Waals surface area contributed by atoms with Gasteiger partial charge in [-0.2, -0.15) is 0 Å². The maximum absolute atomic E-state index is 9.34. The normalized spacial score (nSPS) is 10.4. The molecular formula is C6HBr2Cl3O. The number of rotatable bonds is 0. The highest BCUT2D eigenvalue weighted by atomic mass is 79.9. The van der Waals surface area contributed by atoms with Gasteiger partial charge in [-0.05, 0) is 31.9 Å². The van der Waals surface area contributed by atoms with E-state index in [0.29, 0.717) is 8.95 Å². The lowest BCUT2D eigenvalue weighted by Gasteiger charge is -2.06. The topological polar surface area (TPSA) is 20.2 Å². The highest BCUT2D eigenvalue weighted by molar-refractivity contribution is 9.11. The summed E-state index contributed by atoms with van der Waals surface area (Å²) in [7, 11) is 0. The zero-order chi connectivity index (χ0) is 9.46. The molecule has 0 aliphatic heterocycles. The summed E-state index contributed by atoms with van der Waals surface area (Å²) in [6.45, 7) is 0. The highest BCUT2D eigenvalue weighted by Gasteiger charge is 2.17. The van der Waals surface area contributed by atoms with Crippen LogP contribution in [0.4, 0.5) is 0 Å². The number of phenols is 1. The first kappa shape index (κ1) is 10.9. The molecule has 1 aromatic rings. The predicted molar refractivity (Wildman–Crippen MR) is 58.5 cm³/mol. The molecule has 1 aromatic carbocycles. The van der Waals surface area contributed by atoms with Crippen LogP contribution in [0.2, 0.25) is 15.1 Å². The van der Waals surface area contributed by atoms with Crippen LogP contribution < -0.4 is 0 Å². The lowest BCUT2D eigenvalue weighted by atomic mass is 10.3. The number of benzene rings is 1. The van der Waals surface area contributed by atoms with E-state index in [1.54, 1.807) is 0 Å². The van der Waals surface area contributed by atoms with Crippen molar-refractivity contribution >= 4 is 66.7 Å². The first-order chi connectivity index (χ1) is 5.46. The van der Waals surface area contributed by atoms with Gasteiger partial charge < -0.3 is 5.11 Å². The largest absolute Gasteiger partial charge is 0.505 e. The van der Waals surface area contributed by atoms with Crippen LogP contribution >= 0.6 is 66.7 Å². The molecule has 0 unspecified atom stereocenters. The van der Waals surface area contributed by atoms with Gasteiger partial charge in [-0.25, -0.2) is 0 Å². The molecule has 0 bridgehead atoms. The van der Waals surface area contributed by atoms with E-state index in [4.69, 9.17) is 34.8 Å². The zero-order valence-electron chi connectivity index (χ0n) is 5.34. The van der Waals surface area contributed by atoms with E-state index in [0.717, 1.165) is 0 Å². The SMILES string of the molecule is Oc1c(Cl)c(Br)c(Cl)c(Cl)c1Br. The van der Waals surface area contributed by atoms with Gasteiger partial charge in [0.25, 0.3) is 0 Å². The third-order valence-electron chi connectivity index (χ3n) is 1.19. The Kier molecular flexibility index (Phi) is 3.58. The third-order valence-corrected chi connectivity index (χ3v) is 4.66. The lowest BCUT2D eigenvalue weighted by molar-refractivity contribution is 0.472. The molecular weight excluding hydrogens is 354 g/mol. The fourth-order valence-electron chi connectivity index (χ4n) is 0.593. The van der Waals surface area contributed by atoms with Crippen molar-refractivity contribution < 1.29 is 5.11 Å². The van der Waals surface area contributed by atoms with Crippen molar-refractivity contribution in [3.8, 4) is 5.75 Å². The van der Waals surface area contributed by atoms with Gasteiger partial charge in [0.1, 0.15) is 0 Å². The zero-order valence-corrected chi connectivity index (χ0v) is 10.8. The minimum Gasteiger partial charge on any atom is -0.505 e. The van der Waals surface area contributed by atoms with Crippen LogP contribution in [0.15, 0.2) is 8.95 Å². The van der Waals surface area contributed by atoms with E-state index in [2.05, 4.69) is 31.9 Å². The molecule has 6 heteroatoms. The average Bonchev–Trinajstić information content (AvgIpc) is 2.08. The average molecular weight is 355 g/mol. The quantitative estimate of drug-likeness (QED) is 0.520. The molecule has 0 radical (unpaired) electrons. The Bertz CT molecular complexity index is 235. The van der Waals surface area contributed by atoms with Crippen molar-refractivity contribution in [1.82, 2.24) is 0 Å². The summed E-state index contributed by atoms with van der Waals surface area (Å²) in [6.07, 6.45) is 0. The maximum atomic E-state index is 9.34. The highest BCUT2D eigenvalue weighted by Crippen LogP contribution is 2.47. The second kappa shape index (κ2) is 3.93. The summed E-state index contributed by atoms with van der Waals surface area (Å²) < 4.78 is 0.680. The molecule has 0 aliphatic rings. The van der Waals surface area contributed by atoms with Crippen LogP contribution in [0.3, 0.4) is 0 Å². The monoisotopic (exact) mass is 352 g/mol. The van der Waals surface area contributed by atoms with Crippen molar-refractivity contribution in [1.29, 1.82) is 0 Å². The number of phenolic OH excluding ortho intramolecular Hbond substituents is 1. The summed E-state index contributed by atoms with van der Waals surface area (Å²) in [4.78, 5) is 0. The number of hydrogen-bond donors (Lipinski definition) is 1. The van der Waals surface area contributed by atoms with Crippen molar-refractivity contribution in [2.24, 2.45) is 0 Å². The molecule has 0 spiro atoms. The minimum absolute atomic E-state index is 0.127. The molecule has 1 rings (SSSR count). The fourth-order valence-corrected chi connectivity index (χ4v) is 2.33. The molecule has 0 aromatic heterocycles. The fraction of sp³-hybridized carbons (Fsp3) is 0. The molecule has 0 atom stereocenters. The lowest BCUT2D eigenvalue weighted by Crippen LogP contribution is -1.79. The van der Waals surface area contributed by atoms with E-state index in [9.17, 15) is 5.11 Å². The summed E-state index contributed by atoms with van der Waals surface area (Å²) in [5, 5.41) is 9.97. The molecule has 66 valence electrons. The van der Waals surface area contributed by atoms with E-state index >= 15 is 0 Å². The number of hydrogen-bond acceptors (Lipinski definition) is 1. The molecule has 0 saturated heterocycles. The first-order valence-corrected chi connectivity index (χ1v) is 5.39. The molecule has 0 amide bonds. The van der Waals surface area contributed by atoms with Gasteiger partial charge in [0, 0.05) is 0 Å². The Labute approximate surface area is 101 Å². The van der Waals surface area contributed by atoms with Gasteiger partial charge in [-0.1, -0.05) is 34.8 Å². The smallest absolute Gasteiger partial charge is 0.151 e. The Morgan fingerprint density at radius 1 is 0.833 bits per heavy atom. The van der Waals surface area contributed by atoms with Crippen molar-refractivity contribution in [2.45, 2.75) is 0 Å². The summed E-state index contributed by atoms with van der Waals surface area (Å²) >= 11 is 23.3. The van der Waals surface area contributed by atoms with Crippen LogP contribution in [0, 0.1) is 0 Å². The molecule has 1 nitrogen and oxygen atoms in total. The Morgan fingerprint density at radius 2 is 1.25 bits per heavy atom. The van der Waals surface area contributed by atoms with Crippen LogP contribution in [0.5, 0.6) is 5.75 Å². The van der Waals surface area contributed by atoms with Gasteiger partial charge in [0.05, 0.1) is 24.0 Å². The summed E-state index contributed by atoms with van der Waals surface area (Å²) in [6, 6.07) is 0. The molecule has 0 fully saturated rings. The molecule has 0 heterocycles. The molecule has 1 N–H and O–H groups in total. The van der Waals surface area contributed by atoms with E-state index in [-0.39, 0.29) is 20.8 Å². The predicted octanol–water partition coefficient (Wildman–Crippen LogP) is 4.88. The van der Waals surface area contributed by atoms with Gasteiger partial charge in [0.2, 0.25) is 0 Å². The van der Waals surface area contributed by atoms with Gasteiger partial charge in [-0.15, -0.1) is 0 Å². The van der Waals surface area contributed by atoms with Gasteiger partial charge in [0.15, 0.2) is 5.75 Å². The van der Waals surface area contributed by atoms with E-state index in [1.165, 1.54) is 0 Å². The summed E-state index contributed by atoms with van der Waals surface area (Å²) in [5.74, 6) is -0.127. The molecule has 12 heavy (non-hydrogen) atoms. The van der Waals surface area contributed by atoms with Gasteiger partial charge >= 0.3 is 0 Å². The first-order valence-electron chi connectivity index (χ1n) is 2.67. The van der Waals surface area contributed by atoms with Crippen LogP contribution in [0.1, 0.15) is 0 Å². The van der Waals surface area contributed by atoms with Crippen molar-refractivity contribution in [2.75, 3.05) is 0 Å². The Balaban J connectivity index is 3.60. The second-order valence-corrected chi connectivity index (χ2v) is 4.64. The Morgan fingerprint density at radius 3 is 1.75 bits per heavy atom.